The Bertz CT molecular complexity index is 2530. The molecule has 3 nitrogen and oxygen atoms in total. The maximum absolute atomic E-state index is 10.8. The van der Waals surface area contributed by atoms with Gasteiger partial charge in [0.25, 0.3) is 0 Å². The summed E-state index contributed by atoms with van der Waals surface area (Å²) in [5.74, 6) is -0.366. The van der Waals surface area contributed by atoms with E-state index in [4.69, 9.17) is 4.42 Å². The SMILES string of the molecule is OC1C2C=CC(C(c3ccc4ccc5c(-c6ccc(-c7cccc8c7oc7ccccc78)cc6)ccc6ccc3c4c65)=C2)C1O. The van der Waals surface area contributed by atoms with Gasteiger partial charge in [0, 0.05) is 28.2 Å². The van der Waals surface area contributed by atoms with Crippen LogP contribution in [0.1, 0.15) is 5.56 Å². The molecule has 3 aliphatic carbocycles. The molecule has 1 heterocycles. The van der Waals surface area contributed by atoms with Gasteiger partial charge in [0.05, 0.1) is 12.2 Å². The van der Waals surface area contributed by atoms with Crippen LogP contribution in [0.25, 0.3) is 82.1 Å². The summed E-state index contributed by atoms with van der Waals surface area (Å²) in [6.07, 6.45) is 4.70. The van der Waals surface area contributed by atoms with Crippen LogP contribution in [0.15, 0.2) is 138 Å². The summed E-state index contributed by atoms with van der Waals surface area (Å²) in [4.78, 5) is 0. The van der Waals surface area contributed by atoms with Crippen LogP contribution in [-0.4, -0.2) is 22.4 Å². The fourth-order valence-electron chi connectivity index (χ4n) is 8.05. The van der Waals surface area contributed by atoms with E-state index < -0.39 is 12.2 Å². The lowest BCUT2D eigenvalue weighted by Gasteiger charge is -2.39. The molecule has 7 aromatic carbocycles. The lowest BCUT2D eigenvalue weighted by atomic mass is 9.70. The first-order chi connectivity index (χ1) is 22.1. The van der Waals surface area contributed by atoms with Crippen LogP contribution in [-0.2, 0) is 0 Å². The zero-order chi connectivity index (χ0) is 29.8. The first kappa shape index (κ1) is 25.1. The molecule has 0 radical (unpaired) electrons. The van der Waals surface area contributed by atoms with E-state index in [1.165, 1.54) is 43.4 Å². The second-order valence-corrected chi connectivity index (χ2v) is 12.6. The smallest absolute Gasteiger partial charge is 0.143 e. The number of aliphatic hydroxyl groups excluding tert-OH is 2. The molecule has 1 aromatic heterocycles. The molecule has 2 bridgehead atoms. The molecule has 8 aromatic rings. The standard InChI is InChI=1S/C42H28O3/c43-40-27-16-21-34(41(40)44)36(22-27)30-18-13-26-14-19-32-28(17-12-25-15-20-33(30)39(26)38(25)32)23-8-10-24(11-9-23)29-5-3-6-35-31-4-1-2-7-37(31)45-42(29)35/h1-22,27,34,40-41,43-44H. The zero-order valence-electron chi connectivity index (χ0n) is 24.3. The monoisotopic (exact) mass is 580 g/mol. The van der Waals surface area contributed by atoms with Crippen molar-refractivity contribution in [3.8, 4) is 22.3 Å². The van der Waals surface area contributed by atoms with Crippen molar-refractivity contribution in [3.05, 3.63) is 139 Å². The van der Waals surface area contributed by atoms with E-state index >= 15 is 0 Å². The van der Waals surface area contributed by atoms with E-state index in [2.05, 4.69) is 115 Å². The summed E-state index contributed by atoms with van der Waals surface area (Å²) in [5, 5.41) is 31.0. The van der Waals surface area contributed by atoms with Gasteiger partial charge in [-0.2, -0.15) is 0 Å². The normalized spacial score (nSPS) is 21.2. The molecule has 0 saturated heterocycles. The Kier molecular flexibility index (Phi) is 5.11. The van der Waals surface area contributed by atoms with Crippen LogP contribution in [0.5, 0.6) is 0 Å². The molecule has 0 spiro atoms. The minimum absolute atomic E-state index is 0.160. The van der Waals surface area contributed by atoms with Crippen molar-refractivity contribution in [2.24, 2.45) is 11.8 Å². The topological polar surface area (TPSA) is 53.6 Å². The van der Waals surface area contributed by atoms with Crippen molar-refractivity contribution >= 4 is 59.8 Å². The molecular weight excluding hydrogens is 552 g/mol. The number of benzene rings is 7. The summed E-state index contributed by atoms with van der Waals surface area (Å²) in [6.45, 7) is 0. The molecule has 2 N–H and O–H groups in total. The molecule has 0 saturated carbocycles. The Morgan fingerprint density at radius 3 is 1.89 bits per heavy atom. The van der Waals surface area contributed by atoms with Gasteiger partial charge in [-0.05, 0) is 66.2 Å². The third-order valence-electron chi connectivity index (χ3n) is 10.3. The number of para-hydroxylation sites is 2. The van der Waals surface area contributed by atoms with E-state index in [1.807, 2.05) is 18.2 Å². The Balaban J connectivity index is 1.12. The van der Waals surface area contributed by atoms with Gasteiger partial charge in [0.1, 0.15) is 11.2 Å². The molecule has 11 rings (SSSR count). The van der Waals surface area contributed by atoms with E-state index in [0.29, 0.717) is 0 Å². The van der Waals surface area contributed by atoms with Crippen molar-refractivity contribution in [1.82, 2.24) is 0 Å². The van der Waals surface area contributed by atoms with E-state index in [1.54, 1.807) is 0 Å². The Morgan fingerprint density at radius 2 is 1.13 bits per heavy atom. The van der Waals surface area contributed by atoms with Gasteiger partial charge in [-0.15, -0.1) is 0 Å². The van der Waals surface area contributed by atoms with Crippen molar-refractivity contribution in [2.45, 2.75) is 12.2 Å². The van der Waals surface area contributed by atoms with Gasteiger partial charge in [-0.1, -0.05) is 127 Å². The molecule has 3 heteroatoms. The molecule has 0 aliphatic heterocycles. The highest BCUT2D eigenvalue weighted by Crippen LogP contribution is 2.46. The molecule has 45 heavy (non-hydrogen) atoms. The lowest BCUT2D eigenvalue weighted by molar-refractivity contribution is -0.0188. The number of rotatable bonds is 3. The van der Waals surface area contributed by atoms with Crippen LogP contribution in [0.2, 0.25) is 0 Å². The van der Waals surface area contributed by atoms with E-state index in [0.717, 1.165) is 44.2 Å². The molecule has 4 atom stereocenters. The van der Waals surface area contributed by atoms with Crippen molar-refractivity contribution in [3.63, 3.8) is 0 Å². The molecule has 0 fully saturated rings. The minimum Gasteiger partial charge on any atom is -0.455 e. The largest absolute Gasteiger partial charge is 0.455 e. The van der Waals surface area contributed by atoms with Crippen LogP contribution in [0.3, 0.4) is 0 Å². The van der Waals surface area contributed by atoms with Crippen LogP contribution < -0.4 is 0 Å². The number of hydrogen-bond acceptors (Lipinski definition) is 3. The highest BCUT2D eigenvalue weighted by atomic mass is 16.3. The third-order valence-corrected chi connectivity index (χ3v) is 10.3. The van der Waals surface area contributed by atoms with Crippen molar-refractivity contribution in [2.75, 3.05) is 0 Å². The second-order valence-electron chi connectivity index (χ2n) is 12.6. The average molecular weight is 581 g/mol. The van der Waals surface area contributed by atoms with E-state index in [-0.39, 0.29) is 11.8 Å². The third kappa shape index (κ3) is 3.48. The van der Waals surface area contributed by atoms with Crippen LogP contribution in [0, 0.1) is 11.8 Å². The summed E-state index contributed by atoms with van der Waals surface area (Å²) in [7, 11) is 0. The van der Waals surface area contributed by atoms with E-state index in [9.17, 15) is 10.2 Å². The maximum atomic E-state index is 10.8. The van der Waals surface area contributed by atoms with Gasteiger partial charge >= 0.3 is 0 Å². The molecule has 214 valence electrons. The zero-order valence-corrected chi connectivity index (χ0v) is 24.3. The molecule has 4 unspecified atom stereocenters. The number of aliphatic hydroxyl groups is 2. The summed E-state index contributed by atoms with van der Waals surface area (Å²) in [5.41, 5.74) is 8.66. The Morgan fingerprint density at radius 1 is 0.489 bits per heavy atom. The number of fused-ring (bicyclic) bond motifs is 4. The van der Waals surface area contributed by atoms with Crippen LogP contribution in [0.4, 0.5) is 0 Å². The predicted octanol–water partition coefficient (Wildman–Crippen LogP) is 9.74. The quantitative estimate of drug-likeness (QED) is 0.162. The average Bonchev–Trinajstić information content (AvgIpc) is 3.48. The highest BCUT2D eigenvalue weighted by molar-refractivity contribution is 6.27. The fourth-order valence-corrected chi connectivity index (χ4v) is 8.05. The predicted molar refractivity (Wildman–Crippen MR) is 184 cm³/mol. The lowest BCUT2D eigenvalue weighted by Crippen LogP contribution is -2.44. The second kappa shape index (κ2) is 9.15. The van der Waals surface area contributed by atoms with Crippen LogP contribution >= 0.6 is 0 Å². The van der Waals surface area contributed by atoms with Crippen molar-refractivity contribution < 1.29 is 14.6 Å². The molecule has 0 amide bonds. The molecular formula is C42H28O3. The highest BCUT2D eigenvalue weighted by Gasteiger charge is 2.40. The summed E-state index contributed by atoms with van der Waals surface area (Å²) in [6, 6.07) is 41.2. The Labute approximate surface area is 259 Å². The number of hydrogen-bond donors (Lipinski definition) is 2. The summed E-state index contributed by atoms with van der Waals surface area (Å²) < 4.78 is 6.32. The first-order valence-electron chi connectivity index (χ1n) is 15.6. The summed E-state index contributed by atoms with van der Waals surface area (Å²) >= 11 is 0. The molecule has 3 aliphatic rings. The van der Waals surface area contributed by atoms with Gasteiger partial charge in [0.15, 0.2) is 0 Å². The fraction of sp³-hybridized carbons (Fsp3) is 0.0952. The first-order valence-corrected chi connectivity index (χ1v) is 15.6. The Hall–Kier alpha value is -5.22. The van der Waals surface area contributed by atoms with Gasteiger partial charge < -0.3 is 14.6 Å². The minimum atomic E-state index is -0.785. The van der Waals surface area contributed by atoms with Gasteiger partial charge in [-0.25, -0.2) is 0 Å². The maximum Gasteiger partial charge on any atom is 0.143 e. The number of furan rings is 1. The van der Waals surface area contributed by atoms with Crippen molar-refractivity contribution in [1.29, 1.82) is 0 Å². The van der Waals surface area contributed by atoms with Gasteiger partial charge in [0.2, 0.25) is 0 Å². The van der Waals surface area contributed by atoms with Gasteiger partial charge in [-0.3, -0.25) is 0 Å².